The summed E-state index contributed by atoms with van der Waals surface area (Å²) in [6, 6.07) is 11.4. The lowest BCUT2D eigenvalue weighted by Crippen LogP contribution is -2.50. The third kappa shape index (κ3) is 2.82. The Balaban J connectivity index is 1.96. The van der Waals surface area contributed by atoms with E-state index in [-0.39, 0.29) is 11.6 Å². The van der Waals surface area contributed by atoms with Gasteiger partial charge in [-0.1, -0.05) is 24.3 Å². The molecule has 0 aliphatic carbocycles. The standard InChI is InChI=1S/C19H18F2N4/c1-12-11-22-9-10-25(12)19-23-16-8-3-2-5-13(16)18(24-19)17-14(20)6-4-7-15(17)21/h2-8,12,22H,9-11H2,1H3. The summed E-state index contributed by atoms with van der Waals surface area (Å²) in [6.07, 6.45) is 0. The monoisotopic (exact) mass is 340 g/mol. The van der Waals surface area contributed by atoms with Gasteiger partial charge in [-0.05, 0) is 25.1 Å². The Hall–Kier alpha value is -2.60. The Bertz CT molecular complexity index is 908. The van der Waals surface area contributed by atoms with Crippen LogP contribution in [-0.4, -0.2) is 35.6 Å². The van der Waals surface area contributed by atoms with Gasteiger partial charge in [0.05, 0.1) is 16.8 Å². The summed E-state index contributed by atoms with van der Waals surface area (Å²) in [6.45, 7) is 4.47. The molecule has 0 spiro atoms. The summed E-state index contributed by atoms with van der Waals surface area (Å²) in [5.41, 5.74) is 0.864. The normalized spacial score (nSPS) is 17.9. The Morgan fingerprint density at radius 3 is 2.56 bits per heavy atom. The van der Waals surface area contributed by atoms with Crippen LogP contribution in [0.4, 0.5) is 14.7 Å². The smallest absolute Gasteiger partial charge is 0.226 e. The molecule has 128 valence electrons. The van der Waals surface area contributed by atoms with E-state index in [1.165, 1.54) is 18.2 Å². The van der Waals surface area contributed by atoms with Gasteiger partial charge in [-0.15, -0.1) is 0 Å². The third-order valence-corrected chi connectivity index (χ3v) is 4.55. The Morgan fingerprint density at radius 2 is 1.80 bits per heavy atom. The van der Waals surface area contributed by atoms with E-state index < -0.39 is 11.6 Å². The first kappa shape index (κ1) is 15.9. The number of para-hydroxylation sites is 1. The van der Waals surface area contributed by atoms with Crippen molar-refractivity contribution in [3.05, 3.63) is 54.1 Å². The van der Waals surface area contributed by atoms with Crippen LogP contribution in [0.2, 0.25) is 0 Å². The molecule has 0 saturated carbocycles. The Kier molecular flexibility index (Phi) is 4.05. The van der Waals surface area contributed by atoms with Crippen LogP contribution in [0.25, 0.3) is 22.2 Å². The van der Waals surface area contributed by atoms with Crippen molar-refractivity contribution in [1.82, 2.24) is 15.3 Å². The lowest BCUT2D eigenvalue weighted by molar-refractivity contribution is 0.493. The first-order valence-electron chi connectivity index (χ1n) is 8.33. The van der Waals surface area contributed by atoms with Gasteiger partial charge < -0.3 is 10.2 Å². The number of hydrogen-bond donors (Lipinski definition) is 1. The molecule has 2 heterocycles. The van der Waals surface area contributed by atoms with Crippen LogP contribution in [0, 0.1) is 11.6 Å². The van der Waals surface area contributed by atoms with Gasteiger partial charge in [0.2, 0.25) is 5.95 Å². The van der Waals surface area contributed by atoms with Crippen molar-refractivity contribution in [1.29, 1.82) is 0 Å². The van der Waals surface area contributed by atoms with Crippen LogP contribution in [0.3, 0.4) is 0 Å². The highest BCUT2D eigenvalue weighted by atomic mass is 19.1. The topological polar surface area (TPSA) is 41.0 Å². The van der Waals surface area contributed by atoms with Gasteiger partial charge in [0.15, 0.2) is 0 Å². The molecule has 1 N–H and O–H groups in total. The van der Waals surface area contributed by atoms with Crippen molar-refractivity contribution in [2.75, 3.05) is 24.5 Å². The highest BCUT2D eigenvalue weighted by Crippen LogP contribution is 2.32. The van der Waals surface area contributed by atoms with E-state index in [0.29, 0.717) is 22.5 Å². The van der Waals surface area contributed by atoms with E-state index in [1.54, 1.807) is 6.07 Å². The molecule has 1 aliphatic heterocycles. The van der Waals surface area contributed by atoms with E-state index in [0.717, 1.165) is 19.6 Å². The van der Waals surface area contributed by atoms with Gasteiger partial charge in [0.1, 0.15) is 11.6 Å². The summed E-state index contributed by atoms with van der Waals surface area (Å²) >= 11 is 0. The van der Waals surface area contributed by atoms with Crippen molar-refractivity contribution in [2.45, 2.75) is 13.0 Å². The number of rotatable bonds is 2. The number of anilines is 1. The zero-order valence-electron chi connectivity index (χ0n) is 13.8. The average molecular weight is 340 g/mol. The number of piperazine rings is 1. The van der Waals surface area contributed by atoms with E-state index in [4.69, 9.17) is 0 Å². The van der Waals surface area contributed by atoms with Gasteiger partial charge in [-0.25, -0.2) is 18.7 Å². The van der Waals surface area contributed by atoms with Gasteiger partial charge in [-0.3, -0.25) is 0 Å². The highest BCUT2D eigenvalue weighted by Gasteiger charge is 2.23. The zero-order chi connectivity index (χ0) is 17.4. The number of benzene rings is 2. The molecule has 4 nitrogen and oxygen atoms in total. The molecule has 2 aromatic carbocycles. The predicted octanol–water partition coefficient (Wildman–Crippen LogP) is 3.37. The molecule has 6 heteroatoms. The summed E-state index contributed by atoms with van der Waals surface area (Å²) in [4.78, 5) is 11.3. The minimum absolute atomic E-state index is 0.106. The third-order valence-electron chi connectivity index (χ3n) is 4.55. The molecule has 1 aliphatic rings. The molecular weight excluding hydrogens is 322 g/mol. The summed E-state index contributed by atoms with van der Waals surface area (Å²) in [5, 5.41) is 3.96. The van der Waals surface area contributed by atoms with Gasteiger partial charge in [0, 0.05) is 31.1 Å². The molecular formula is C19H18F2N4. The zero-order valence-corrected chi connectivity index (χ0v) is 13.8. The fourth-order valence-corrected chi connectivity index (χ4v) is 3.25. The fraction of sp³-hybridized carbons (Fsp3) is 0.263. The second kappa shape index (κ2) is 6.37. The molecule has 4 rings (SSSR count). The summed E-state index contributed by atoms with van der Waals surface area (Å²) < 4.78 is 28.8. The molecule has 0 amide bonds. The highest BCUT2D eigenvalue weighted by molar-refractivity contribution is 5.93. The van der Waals surface area contributed by atoms with Crippen molar-refractivity contribution < 1.29 is 8.78 Å². The molecule has 1 atom stereocenters. The predicted molar refractivity (Wildman–Crippen MR) is 94.6 cm³/mol. The number of nitrogens with one attached hydrogen (secondary N) is 1. The molecule has 25 heavy (non-hydrogen) atoms. The lowest BCUT2D eigenvalue weighted by atomic mass is 10.1. The number of aromatic nitrogens is 2. The second-order valence-corrected chi connectivity index (χ2v) is 6.23. The van der Waals surface area contributed by atoms with Crippen molar-refractivity contribution in [2.24, 2.45) is 0 Å². The number of hydrogen-bond acceptors (Lipinski definition) is 4. The van der Waals surface area contributed by atoms with Crippen LogP contribution in [0.1, 0.15) is 6.92 Å². The van der Waals surface area contributed by atoms with E-state index in [2.05, 4.69) is 27.1 Å². The quantitative estimate of drug-likeness (QED) is 0.777. The van der Waals surface area contributed by atoms with Gasteiger partial charge in [-0.2, -0.15) is 0 Å². The van der Waals surface area contributed by atoms with Crippen molar-refractivity contribution in [3.8, 4) is 11.3 Å². The van der Waals surface area contributed by atoms with Gasteiger partial charge >= 0.3 is 0 Å². The molecule has 1 unspecified atom stereocenters. The van der Waals surface area contributed by atoms with E-state index >= 15 is 0 Å². The Morgan fingerprint density at radius 1 is 1.04 bits per heavy atom. The van der Waals surface area contributed by atoms with Crippen molar-refractivity contribution >= 4 is 16.9 Å². The van der Waals surface area contributed by atoms with E-state index in [9.17, 15) is 8.78 Å². The molecule has 1 saturated heterocycles. The minimum Gasteiger partial charge on any atom is -0.336 e. The molecule has 1 fully saturated rings. The van der Waals surface area contributed by atoms with Crippen LogP contribution in [0.15, 0.2) is 42.5 Å². The SMILES string of the molecule is CC1CNCCN1c1nc(-c2c(F)cccc2F)c2ccccc2n1. The van der Waals surface area contributed by atoms with Gasteiger partial charge in [0.25, 0.3) is 0 Å². The number of nitrogens with zero attached hydrogens (tertiary/aromatic N) is 3. The summed E-state index contributed by atoms with van der Waals surface area (Å²) in [5.74, 6) is -0.739. The second-order valence-electron chi connectivity index (χ2n) is 6.23. The number of halogens is 2. The van der Waals surface area contributed by atoms with Crippen LogP contribution >= 0.6 is 0 Å². The van der Waals surface area contributed by atoms with E-state index in [1.807, 2.05) is 18.2 Å². The van der Waals surface area contributed by atoms with Crippen molar-refractivity contribution in [3.63, 3.8) is 0 Å². The molecule has 0 radical (unpaired) electrons. The first-order valence-corrected chi connectivity index (χ1v) is 8.33. The molecule has 3 aromatic rings. The minimum atomic E-state index is -0.622. The largest absolute Gasteiger partial charge is 0.336 e. The maximum atomic E-state index is 14.4. The Labute approximate surface area is 144 Å². The first-order chi connectivity index (χ1) is 12.1. The maximum absolute atomic E-state index is 14.4. The fourth-order valence-electron chi connectivity index (χ4n) is 3.25. The average Bonchev–Trinajstić information content (AvgIpc) is 2.62. The van der Waals surface area contributed by atoms with Crippen LogP contribution in [-0.2, 0) is 0 Å². The molecule has 0 bridgehead atoms. The maximum Gasteiger partial charge on any atom is 0.226 e. The number of fused-ring (bicyclic) bond motifs is 1. The van der Waals surface area contributed by atoms with Crippen LogP contribution in [0.5, 0.6) is 0 Å². The molecule has 1 aromatic heterocycles. The lowest BCUT2D eigenvalue weighted by Gasteiger charge is -2.34. The summed E-state index contributed by atoms with van der Waals surface area (Å²) in [7, 11) is 0. The van der Waals surface area contributed by atoms with Crippen LogP contribution < -0.4 is 10.2 Å².